The quantitative estimate of drug-likeness (QED) is 0.801. The van der Waals surface area contributed by atoms with Crippen LogP contribution in [0, 0.1) is 5.92 Å². The number of rotatable bonds is 7. The normalized spacial score (nSPS) is 20.3. The number of phenols is 1. The topological polar surface area (TPSA) is 46.9 Å². The van der Waals surface area contributed by atoms with Crippen molar-refractivity contribution in [1.29, 1.82) is 0 Å². The lowest BCUT2D eigenvalue weighted by molar-refractivity contribution is 0.0520. The molecule has 0 saturated carbocycles. The third-order valence-electron chi connectivity index (χ3n) is 4.58. The summed E-state index contributed by atoms with van der Waals surface area (Å²) >= 11 is 6.04. The Balaban J connectivity index is 1.96. The lowest BCUT2D eigenvalue weighted by Gasteiger charge is -2.41. The zero-order chi connectivity index (χ0) is 16.8. The van der Waals surface area contributed by atoms with E-state index in [2.05, 4.69) is 23.6 Å². The summed E-state index contributed by atoms with van der Waals surface area (Å²) in [4.78, 5) is 4.85. The summed E-state index contributed by atoms with van der Waals surface area (Å²) < 4.78 is 0. The Morgan fingerprint density at radius 3 is 2.78 bits per heavy atom. The van der Waals surface area contributed by atoms with Crippen molar-refractivity contribution in [3.63, 3.8) is 0 Å². The number of nitrogens with zero attached hydrogens (tertiary/aromatic N) is 2. The SMILES string of the molecule is CC(C)CCN1CCN(Cc2cc(Cl)ccc2O)C[C@@H]1CCO. The van der Waals surface area contributed by atoms with Gasteiger partial charge in [-0.15, -0.1) is 0 Å². The first-order chi connectivity index (χ1) is 11.0. The third-order valence-corrected chi connectivity index (χ3v) is 4.82. The Kier molecular flexibility index (Phi) is 7.15. The van der Waals surface area contributed by atoms with Gasteiger partial charge in [0.15, 0.2) is 0 Å². The molecule has 1 aliphatic rings. The predicted molar refractivity (Wildman–Crippen MR) is 94.9 cm³/mol. The minimum atomic E-state index is 0.221. The largest absolute Gasteiger partial charge is 0.508 e. The fourth-order valence-electron chi connectivity index (χ4n) is 3.16. The van der Waals surface area contributed by atoms with Gasteiger partial charge in [-0.25, -0.2) is 0 Å². The van der Waals surface area contributed by atoms with Crippen molar-refractivity contribution in [2.75, 3.05) is 32.8 Å². The average molecular weight is 341 g/mol. The molecule has 23 heavy (non-hydrogen) atoms. The standard InChI is InChI=1S/C18H29ClN2O2/c1-14(2)5-7-21-9-8-20(13-17(21)6-10-22)12-15-11-16(19)3-4-18(15)23/h3-4,11,14,17,22-23H,5-10,12-13H2,1-2H3/t17-/m0/s1. The number of phenolic OH excluding ortho intramolecular Hbond substituents is 1. The molecule has 1 heterocycles. The Labute approximate surface area is 144 Å². The predicted octanol–water partition coefficient (Wildman–Crippen LogP) is 2.96. The van der Waals surface area contributed by atoms with Crippen LogP contribution < -0.4 is 0 Å². The van der Waals surface area contributed by atoms with E-state index in [4.69, 9.17) is 11.6 Å². The van der Waals surface area contributed by atoms with Gasteiger partial charge in [-0.3, -0.25) is 9.80 Å². The molecular weight excluding hydrogens is 312 g/mol. The molecule has 1 aromatic carbocycles. The molecule has 0 radical (unpaired) electrons. The van der Waals surface area contributed by atoms with Crippen LogP contribution in [-0.4, -0.2) is 58.8 Å². The molecule has 0 spiro atoms. The van der Waals surface area contributed by atoms with Crippen LogP contribution in [0.1, 0.15) is 32.3 Å². The van der Waals surface area contributed by atoms with Crippen molar-refractivity contribution in [2.24, 2.45) is 5.92 Å². The van der Waals surface area contributed by atoms with Gasteiger partial charge in [0.05, 0.1) is 0 Å². The van der Waals surface area contributed by atoms with Gasteiger partial charge < -0.3 is 10.2 Å². The van der Waals surface area contributed by atoms with Gasteiger partial charge in [-0.05, 0) is 43.5 Å². The van der Waals surface area contributed by atoms with Crippen LogP contribution in [0.25, 0.3) is 0 Å². The fraction of sp³-hybridized carbons (Fsp3) is 0.667. The second-order valence-electron chi connectivity index (χ2n) is 6.89. The molecule has 1 aliphatic heterocycles. The second-order valence-corrected chi connectivity index (χ2v) is 7.33. The lowest BCUT2D eigenvalue weighted by atomic mass is 10.0. The van der Waals surface area contributed by atoms with Gasteiger partial charge in [-0.1, -0.05) is 25.4 Å². The van der Waals surface area contributed by atoms with Gasteiger partial charge in [0.2, 0.25) is 0 Å². The maximum atomic E-state index is 10.00. The van der Waals surface area contributed by atoms with Crippen molar-refractivity contribution >= 4 is 11.6 Å². The first kappa shape index (κ1) is 18.5. The maximum Gasteiger partial charge on any atom is 0.120 e. The maximum absolute atomic E-state index is 10.00. The van der Waals surface area contributed by atoms with E-state index in [9.17, 15) is 10.2 Å². The molecule has 0 amide bonds. The molecule has 0 bridgehead atoms. The van der Waals surface area contributed by atoms with Gasteiger partial charge >= 0.3 is 0 Å². The number of halogens is 1. The third kappa shape index (κ3) is 5.64. The van der Waals surface area contributed by atoms with Gasteiger partial charge in [-0.2, -0.15) is 0 Å². The summed E-state index contributed by atoms with van der Waals surface area (Å²) in [6.45, 7) is 9.43. The number of aromatic hydroxyl groups is 1. The molecule has 2 rings (SSSR count). The molecule has 1 aromatic rings. The van der Waals surface area contributed by atoms with Crippen LogP contribution in [0.4, 0.5) is 0 Å². The number of aliphatic hydroxyl groups is 1. The van der Waals surface area contributed by atoms with Crippen molar-refractivity contribution in [1.82, 2.24) is 9.80 Å². The van der Waals surface area contributed by atoms with E-state index in [0.29, 0.717) is 29.3 Å². The minimum absolute atomic E-state index is 0.221. The Morgan fingerprint density at radius 1 is 1.30 bits per heavy atom. The summed E-state index contributed by atoms with van der Waals surface area (Å²) in [6, 6.07) is 5.58. The van der Waals surface area contributed by atoms with Gasteiger partial charge in [0.1, 0.15) is 5.75 Å². The molecule has 2 N–H and O–H groups in total. The Morgan fingerprint density at radius 2 is 2.09 bits per heavy atom. The fourth-order valence-corrected chi connectivity index (χ4v) is 3.36. The van der Waals surface area contributed by atoms with Crippen molar-refractivity contribution in [2.45, 2.75) is 39.3 Å². The van der Waals surface area contributed by atoms with Crippen molar-refractivity contribution in [3.8, 4) is 5.75 Å². The van der Waals surface area contributed by atoms with E-state index >= 15 is 0 Å². The van der Waals surface area contributed by atoms with Gasteiger partial charge in [0.25, 0.3) is 0 Å². The number of benzene rings is 1. The highest BCUT2D eigenvalue weighted by atomic mass is 35.5. The van der Waals surface area contributed by atoms with E-state index in [1.807, 2.05) is 6.07 Å². The zero-order valence-electron chi connectivity index (χ0n) is 14.2. The summed E-state index contributed by atoms with van der Waals surface area (Å²) in [5.41, 5.74) is 0.871. The number of hydrogen-bond acceptors (Lipinski definition) is 4. The molecule has 5 heteroatoms. The van der Waals surface area contributed by atoms with Gasteiger partial charge in [0, 0.05) is 49.4 Å². The average Bonchev–Trinajstić information content (AvgIpc) is 2.50. The summed E-state index contributed by atoms with van der Waals surface area (Å²) in [5, 5.41) is 20.0. The zero-order valence-corrected chi connectivity index (χ0v) is 15.0. The molecule has 1 fully saturated rings. The van der Waals surface area contributed by atoms with E-state index in [-0.39, 0.29) is 6.61 Å². The molecule has 4 nitrogen and oxygen atoms in total. The molecule has 1 saturated heterocycles. The summed E-state index contributed by atoms with van der Waals surface area (Å²) in [5.74, 6) is 1.00. The number of piperazine rings is 1. The smallest absolute Gasteiger partial charge is 0.120 e. The van der Waals surface area contributed by atoms with Crippen LogP contribution in [0.3, 0.4) is 0 Å². The van der Waals surface area contributed by atoms with Crippen molar-refractivity contribution < 1.29 is 10.2 Å². The molecule has 130 valence electrons. The first-order valence-electron chi connectivity index (χ1n) is 8.54. The van der Waals surface area contributed by atoms with Crippen LogP contribution in [0.5, 0.6) is 5.75 Å². The van der Waals surface area contributed by atoms with Crippen LogP contribution in [-0.2, 0) is 6.54 Å². The molecule has 1 atom stereocenters. The second kappa shape index (κ2) is 8.88. The highest BCUT2D eigenvalue weighted by Crippen LogP contribution is 2.24. The summed E-state index contributed by atoms with van der Waals surface area (Å²) in [6.07, 6.45) is 1.99. The van der Waals surface area contributed by atoms with Crippen LogP contribution in [0.15, 0.2) is 18.2 Å². The van der Waals surface area contributed by atoms with E-state index < -0.39 is 0 Å². The molecule has 0 unspecified atom stereocenters. The molecule has 0 aromatic heterocycles. The summed E-state index contributed by atoms with van der Waals surface area (Å²) in [7, 11) is 0. The van der Waals surface area contributed by atoms with Crippen LogP contribution >= 0.6 is 11.6 Å². The lowest BCUT2D eigenvalue weighted by Crippen LogP contribution is -2.53. The number of aliphatic hydroxyl groups excluding tert-OH is 1. The van der Waals surface area contributed by atoms with E-state index in [0.717, 1.165) is 38.2 Å². The van der Waals surface area contributed by atoms with E-state index in [1.165, 1.54) is 6.42 Å². The highest BCUT2D eigenvalue weighted by molar-refractivity contribution is 6.30. The highest BCUT2D eigenvalue weighted by Gasteiger charge is 2.26. The van der Waals surface area contributed by atoms with Crippen LogP contribution in [0.2, 0.25) is 5.02 Å². The Bertz CT molecular complexity index is 496. The minimum Gasteiger partial charge on any atom is -0.508 e. The van der Waals surface area contributed by atoms with Crippen molar-refractivity contribution in [3.05, 3.63) is 28.8 Å². The first-order valence-corrected chi connectivity index (χ1v) is 8.92. The molecule has 0 aliphatic carbocycles. The number of hydrogen-bond donors (Lipinski definition) is 2. The molecular formula is C18H29ClN2O2. The Hall–Kier alpha value is -0.810. The monoisotopic (exact) mass is 340 g/mol. The van der Waals surface area contributed by atoms with E-state index in [1.54, 1.807) is 12.1 Å².